The predicted octanol–water partition coefficient (Wildman–Crippen LogP) is -0.124. The maximum Gasteiger partial charge on any atom is 0.315 e. The molecule has 1 aromatic heterocycles. The lowest BCUT2D eigenvalue weighted by Gasteiger charge is -2.08. The number of anilines is 1. The SMILES string of the molecule is CC(C(=O)O)C(=O)Nc1ccc2[nH]c(=O)c(=O)[nH]c2c1. The lowest BCUT2D eigenvalue weighted by Crippen LogP contribution is -2.29. The number of carbonyl (C=O) groups excluding carboxylic acids is 1. The number of carbonyl (C=O) groups is 2. The first-order chi connectivity index (χ1) is 9.38. The molecule has 1 heterocycles. The van der Waals surface area contributed by atoms with Crippen molar-refractivity contribution in [3.05, 3.63) is 38.9 Å². The standard InChI is InChI=1S/C12H11N3O5/c1-5(12(19)20)9(16)13-6-2-3-7-8(4-6)15-11(18)10(17)14-7/h2-5H,1H3,(H,13,16)(H,14,17)(H,15,18)(H,19,20). The van der Waals surface area contributed by atoms with E-state index < -0.39 is 28.9 Å². The number of aliphatic carboxylic acids is 1. The molecule has 1 atom stereocenters. The van der Waals surface area contributed by atoms with Crippen LogP contribution in [0.3, 0.4) is 0 Å². The summed E-state index contributed by atoms with van der Waals surface area (Å²) in [5, 5.41) is 11.1. The van der Waals surface area contributed by atoms with Gasteiger partial charge in [-0.05, 0) is 25.1 Å². The highest BCUT2D eigenvalue weighted by molar-refractivity contribution is 6.04. The number of benzene rings is 1. The Labute approximate surface area is 111 Å². The zero-order chi connectivity index (χ0) is 14.9. The molecule has 8 heteroatoms. The summed E-state index contributed by atoms with van der Waals surface area (Å²) >= 11 is 0. The molecule has 0 fully saturated rings. The molecule has 2 rings (SSSR count). The van der Waals surface area contributed by atoms with Gasteiger partial charge in [-0.2, -0.15) is 0 Å². The first kappa shape index (κ1) is 13.5. The molecule has 1 unspecified atom stereocenters. The highest BCUT2D eigenvalue weighted by atomic mass is 16.4. The molecule has 104 valence electrons. The van der Waals surface area contributed by atoms with Gasteiger partial charge in [-0.1, -0.05) is 0 Å². The summed E-state index contributed by atoms with van der Waals surface area (Å²) in [4.78, 5) is 49.3. The third-order valence-corrected chi connectivity index (χ3v) is 2.75. The van der Waals surface area contributed by atoms with Crippen LogP contribution in [0.1, 0.15) is 6.92 Å². The summed E-state index contributed by atoms with van der Waals surface area (Å²) in [5.74, 6) is -3.11. The van der Waals surface area contributed by atoms with Crippen molar-refractivity contribution < 1.29 is 14.7 Å². The van der Waals surface area contributed by atoms with E-state index in [0.29, 0.717) is 16.7 Å². The van der Waals surface area contributed by atoms with Crippen LogP contribution < -0.4 is 16.4 Å². The summed E-state index contributed by atoms with van der Waals surface area (Å²) in [6.45, 7) is 1.26. The van der Waals surface area contributed by atoms with Crippen molar-refractivity contribution in [1.82, 2.24) is 9.97 Å². The van der Waals surface area contributed by atoms with Crippen LogP contribution in [0.25, 0.3) is 11.0 Å². The van der Waals surface area contributed by atoms with E-state index in [2.05, 4.69) is 15.3 Å². The normalized spacial score (nSPS) is 12.1. The van der Waals surface area contributed by atoms with Crippen LogP contribution in [0.2, 0.25) is 0 Å². The third-order valence-electron chi connectivity index (χ3n) is 2.75. The van der Waals surface area contributed by atoms with Gasteiger partial charge in [0.1, 0.15) is 5.92 Å². The maximum atomic E-state index is 11.6. The van der Waals surface area contributed by atoms with Gasteiger partial charge in [0.2, 0.25) is 5.91 Å². The highest BCUT2D eigenvalue weighted by Gasteiger charge is 2.20. The topological polar surface area (TPSA) is 132 Å². The van der Waals surface area contributed by atoms with Gasteiger partial charge in [-0.15, -0.1) is 0 Å². The Morgan fingerprint density at radius 2 is 1.75 bits per heavy atom. The van der Waals surface area contributed by atoms with Gasteiger partial charge in [-0.3, -0.25) is 19.2 Å². The zero-order valence-electron chi connectivity index (χ0n) is 10.4. The molecule has 1 aromatic carbocycles. The average molecular weight is 277 g/mol. The number of rotatable bonds is 3. The van der Waals surface area contributed by atoms with Crippen molar-refractivity contribution in [2.24, 2.45) is 5.92 Å². The Bertz CT molecular complexity index is 805. The summed E-state index contributed by atoms with van der Waals surface area (Å²) in [5.41, 5.74) is -0.527. The fourth-order valence-electron chi connectivity index (χ4n) is 1.56. The molecule has 0 bridgehead atoms. The van der Waals surface area contributed by atoms with E-state index in [1.807, 2.05) is 0 Å². The molecule has 20 heavy (non-hydrogen) atoms. The minimum absolute atomic E-state index is 0.318. The fourth-order valence-corrected chi connectivity index (χ4v) is 1.56. The Hall–Kier alpha value is -2.90. The maximum absolute atomic E-state index is 11.6. The summed E-state index contributed by atoms with van der Waals surface area (Å²) in [6.07, 6.45) is 0. The Balaban J connectivity index is 2.35. The number of H-pyrrole nitrogens is 2. The number of nitrogens with one attached hydrogen (secondary N) is 3. The molecule has 0 spiro atoms. The third kappa shape index (κ3) is 2.58. The van der Waals surface area contributed by atoms with Gasteiger partial charge < -0.3 is 20.4 Å². The lowest BCUT2D eigenvalue weighted by molar-refractivity contribution is -0.144. The van der Waals surface area contributed by atoms with E-state index >= 15 is 0 Å². The first-order valence-corrected chi connectivity index (χ1v) is 5.68. The molecule has 4 N–H and O–H groups in total. The number of carboxylic acid groups (broad SMARTS) is 1. The molecule has 8 nitrogen and oxygen atoms in total. The van der Waals surface area contributed by atoms with Crippen LogP contribution in [0.15, 0.2) is 27.8 Å². The van der Waals surface area contributed by atoms with E-state index in [-0.39, 0.29) is 0 Å². The second-order valence-electron chi connectivity index (χ2n) is 4.22. The lowest BCUT2D eigenvalue weighted by atomic mass is 10.1. The van der Waals surface area contributed by atoms with Gasteiger partial charge in [-0.25, -0.2) is 0 Å². The Morgan fingerprint density at radius 1 is 1.15 bits per heavy atom. The minimum Gasteiger partial charge on any atom is -0.481 e. The van der Waals surface area contributed by atoms with Crippen LogP contribution in [-0.2, 0) is 9.59 Å². The molecule has 0 aliphatic heterocycles. The van der Waals surface area contributed by atoms with Crippen molar-refractivity contribution >= 4 is 28.6 Å². The van der Waals surface area contributed by atoms with Crippen LogP contribution >= 0.6 is 0 Å². The van der Waals surface area contributed by atoms with Crippen LogP contribution in [0.4, 0.5) is 5.69 Å². The van der Waals surface area contributed by atoms with Crippen molar-refractivity contribution in [2.75, 3.05) is 5.32 Å². The van der Waals surface area contributed by atoms with E-state index in [1.54, 1.807) is 0 Å². The molecular weight excluding hydrogens is 266 g/mol. The van der Waals surface area contributed by atoms with Gasteiger partial charge in [0, 0.05) is 5.69 Å². The molecule has 0 saturated heterocycles. The molecule has 0 radical (unpaired) electrons. The summed E-state index contributed by atoms with van der Waals surface area (Å²) in [7, 11) is 0. The van der Waals surface area contributed by atoms with Crippen molar-refractivity contribution in [1.29, 1.82) is 0 Å². The van der Waals surface area contributed by atoms with Crippen molar-refractivity contribution in [3.8, 4) is 0 Å². The minimum atomic E-state index is -1.24. The number of hydrogen-bond donors (Lipinski definition) is 4. The average Bonchev–Trinajstić information content (AvgIpc) is 2.39. The number of hydrogen-bond acceptors (Lipinski definition) is 4. The number of aromatic amines is 2. The van der Waals surface area contributed by atoms with Gasteiger partial charge >= 0.3 is 17.1 Å². The van der Waals surface area contributed by atoms with Gasteiger partial charge in [0.25, 0.3) is 0 Å². The van der Waals surface area contributed by atoms with Crippen LogP contribution in [0.5, 0.6) is 0 Å². The molecule has 1 amide bonds. The predicted molar refractivity (Wildman–Crippen MR) is 70.6 cm³/mol. The summed E-state index contributed by atoms with van der Waals surface area (Å²) in [6, 6.07) is 4.41. The smallest absolute Gasteiger partial charge is 0.315 e. The Kier molecular flexibility index (Phi) is 3.38. The number of carboxylic acids is 1. The second kappa shape index (κ2) is 5.00. The van der Waals surface area contributed by atoms with E-state index in [0.717, 1.165) is 0 Å². The van der Waals surface area contributed by atoms with Crippen LogP contribution in [-0.4, -0.2) is 27.0 Å². The monoisotopic (exact) mass is 277 g/mol. The van der Waals surface area contributed by atoms with Crippen molar-refractivity contribution in [2.45, 2.75) is 6.92 Å². The largest absolute Gasteiger partial charge is 0.481 e. The molecule has 0 saturated carbocycles. The highest BCUT2D eigenvalue weighted by Crippen LogP contribution is 2.14. The van der Waals surface area contributed by atoms with Crippen LogP contribution in [0, 0.1) is 5.92 Å². The molecular formula is C12H11N3O5. The molecule has 2 aromatic rings. The molecule has 0 aliphatic carbocycles. The molecule has 0 aliphatic rings. The number of amides is 1. The van der Waals surface area contributed by atoms with E-state index in [1.165, 1.54) is 25.1 Å². The first-order valence-electron chi connectivity index (χ1n) is 5.68. The van der Waals surface area contributed by atoms with Gasteiger partial charge in [0.15, 0.2) is 0 Å². The number of aromatic nitrogens is 2. The number of fused-ring (bicyclic) bond motifs is 1. The van der Waals surface area contributed by atoms with E-state index in [4.69, 9.17) is 5.11 Å². The zero-order valence-corrected chi connectivity index (χ0v) is 10.4. The second-order valence-corrected chi connectivity index (χ2v) is 4.22. The van der Waals surface area contributed by atoms with Crippen molar-refractivity contribution in [3.63, 3.8) is 0 Å². The van der Waals surface area contributed by atoms with Gasteiger partial charge in [0.05, 0.1) is 11.0 Å². The van der Waals surface area contributed by atoms with E-state index in [9.17, 15) is 19.2 Å². The Morgan fingerprint density at radius 3 is 2.35 bits per heavy atom. The fraction of sp³-hybridized carbons (Fsp3) is 0.167. The summed E-state index contributed by atoms with van der Waals surface area (Å²) < 4.78 is 0. The quantitative estimate of drug-likeness (QED) is 0.458.